The molecule has 2 unspecified atom stereocenters. The van der Waals surface area contributed by atoms with E-state index in [1.54, 1.807) is 6.92 Å². The molecule has 0 bridgehead atoms. The van der Waals surface area contributed by atoms with Crippen LogP contribution in [0.15, 0.2) is 12.4 Å². The molecular weight excluding hydrogens is 232 g/mol. The molecule has 0 spiro atoms. The summed E-state index contributed by atoms with van der Waals surface area (Å²) >= 11 is 0. The zero-order valence-corrected chi connectivity index (χ0v) is 10.4. The standard InChI is InChI=1S/C13H16N2O3/c1-2-17-11(16)9-7-14-12(15-8-9)13-6-4-3-5-10(13)18-13/h7-8,10H,2-6H2,1H3. The SMILES string of the molecule is CCOC(=O)c1cnc(C23CCCCC2O3)nc1. The van der Waals surface area contributed by atoms with Crippen molar-refractivity contribution in [1.29, 1.82) is 0 Å². The number of hydrogen-bond acceptors (Lipinski definition) is 5. The van der Waals surface area contributed by atoms with E-state index in [9.17, 15) is 4.79 Å². The lowest BCUT2D eigenvalue weighted by molar-refractivity contribution is 0.0525. The normalized spacial score (nSPS) is 29.5. The summed E-state index contributed by atoms with van der Waals surface area (Å²) in [5.41, 5.74) is 0.135. The minimum absolute atomic E-state index is 0.258. The summed E-state index contributed by atoms with van der Waals surface area (Å²) in [6.45, 7) is 2.13. The van der Waals surface area contributed by atoms with Gasteiger partial charge in [0.25, 0.3) is 0 Å². The minimum Gasteiger partial charge on any atom is -0.462 e. The molecule has 96 valence electrons. The lowest BCUT2D eigenvalue weighted by atomic mass is 9.88. The van der Waals surface area contributed by atoms with Crippen molar-refractivity contribution in [2.45, 2.75) is 44.3 Å². The molecule has 0 N–H and O–H groups in total. The highest BCUT2D eigenvalue weighted by atomic mass is 16.6. The molecule has 1 aromatic heterocycles. The van der Waals surface area contributed by atoms with Crippen molar-refractivity contribution in [1.82, 2.24) is 9.97 Å². The van der Waals surface area contributed by atoms with E-state index in [1.807, 2.05) is 0 Å². The van der Waals surface area contributed by atoms with Gasteiger partial charge in [-0.2, -0.15) is 0 Å². The zero-order valence-electron chi connectivity index (χ0n) is 10.4. The first kappa shape index (κ1) is 11.6. The van der Waals surface area contributed by atoms with Gasteiger partial charge < -0.3 is 9.47 Å². The molecule has 3 rings (SSSR count). The number of carbonyl (C=O) groups excluding carboxylic acids is 1. The third kappa shape index (κ3) is 1.79. The van der Waals surface area contributed by atoms with Crippen molar-refractivity contribution in [3.63, 3.8) is 0 Å². The van der Waals surface area contributed by atoms with Crippen LogP contribution in [0.2, 0.25) is 0 Å². The molecular formula is C13H16N2O3. The molecule has 1 saturated heterocycles. The van der Waals surface area contributed by atoms with Crippen LogP contribution in [-0.2, 0) is 15.1 Å². The van der Waals surface area contributed by atoms with Gasteiger partial charge in [-0.1, -0.05) is 6.42 Å². The average Bonchev–Trinajstić information content (AvgIpc) is 3.15. The van der Waals surface area contributed by atoms with Crippen LogP contribution < -0.4 is 0 Å². The van der Waals surface area contributed by atoms with Crippen LogP contribution in [0.3, 0.4) is 0 Å². The van der Waals surface area contributed by atoms with Gasteiger partial charge >= 0.3 is 5.97 Å². The Hall–Kier alpha value is -1.49. The summed E-state index contributed by atoms with van der Waals surface area (Å²) in [6.07, 6.45) is 7.77. The van der Waals surface area contributed by atoms with Crippen molar-refractivity contribution in [3.8, 4) is 0 Å². The average molecular weight is 248 g/mol. The van der Waals surface area contributed by atoms with Crippen molar-refractivity contribution in [2.24, 2.45) is 0 Å². The largest absolute Gasteiger partial charge is 0.462 e. The summed E-state index contributed by atoms with van der Waals surface area (Å²) in [5, 5.41) is 0. The number of ether oxygens (including phenoxy) is 2. The summed E-state index contributed by atoms with van der Waals surface area (Å²) in [5.74, 6) is 0.332. The van der Waals surface area contributed by atoms with Gasteiger partial charge in [-0.15, -0.1) is 0 Å². The Morgan fingerprint density at radius 2 is 2.28 bits per heavy atom. The molecule has 0 amide bonds. The smallest absolute Gasteiger partial charge is 0.341 e. The second kappa shape index (κ2) is 4.31. The van der Waals surface area contributed by atoms with Gasteiger partial charge in [0.15, 0.2) is 11.4 Å². The second-order valence-corrected chi connectivity index (χ2v) is 4.76. The highest BCUT2D eigenvalue weighted by Crippen LogP contribution is 2.53. The van der Waals surface area contributed by atoms with Gasteiger partial charge in [0.05, 0.1) is 18.3 Å². The van der Waals surface area contributed by atoms with Crippen molar-refractivity contribution in [3.05, 3.63) is 23.8 Å². The second-order valence-electron chi connectivity index (χ2n) is 4.76. The third-order valence-corrected chi connectivity index (χ3v) is 3.62. The number of rotatable bonds is 3. The van der Waals surface area contributed by atoms with Gasteiger partial charge in [-0.05, 0) is 26.2 Å². The first-order valence-corrected chi connectivity index (χ1v) is 6.44. The van der Waals surface area contributed by atoms with Crippen LogP contribution in [0.25, 0.3) is 0 Å². The number of fused-ring (bicyclic) bond motifs is 1. The molecule has 0 radical (unpaired) electrons. The van der Waals surface area contributed by atoms with E-state index < -0.39 is 0 Å². The van der Waals surface area contributed by atoms with Crippen LogP contribution in [0.4, 0.5) is 0 Å². The Labute approximate surface area is 106 Å². The number of aromatic nitrogens is 2. The van der Waals surface area contributed by atoms with E-state index in [2.05, 4.69) is 9.97 Å². The number of hydrogen-bond donors (Lipinski definition) is 0. The molecule has 5 nitrogen and oxygen atoms in total. The molecule has 2 heterocycles. The van der Waals surface area contributed by atoms with Crippen LogP contribution >= 0.6 is 0 Å². The van der Waals surface area contributed by atoms with Crippen molar-refractivity contribution < 1.29 is 14.3 Å². The molecule has 2 aliphatic rings. The fourth-order valence-corrected chi connectivity index (χ4v) is 2.62. The number of esters is 1. The lowest BCUT2D eigenvalue weighted by Gasteiger charge is -2.15. The maximum Gasteiger partial charge on any atom is 0.341 e. The molecule has 1 saturated carbocycles. The first-order valence-electron chi connectivity index (χ1n) is 6.44. The fraction of sp³-hybridized carbons (Fsp3) is 0.615. The minimum atomic E-state index is -0.376. The molecule has 1 aromatic rings. The summed E-state index contributed by atoms with van der Waals surface area (Å²) in [4.78, 5) is 20.1. The highest BCUT2D eigenvalue weighted by Gasteiger charge is 2.60. The van der Waals surface area contributed by atoms with Crippen molar-refractivity contribution >= 4 is 5.97 Å². The Balaban J connectivity index is 1.77. The lowest BCUT2D eigenvalue weighted by Crippen LogP contribution is -2.20. The number of epoxide rings is 1. The summed E-state index contributed by atoms with van der Waals surface area (Å²) in [6, 6.07) is 0. The molecule has 2 fully saturated rings. The van der Waals surface area contributed by atoms with E-state index in [0.717, 1.165) is 19.3 Å². The Kier molecular flexibility index (Phi) is 2.78. The van der Waals surface area contributed by atoms with E-state index in [0.29, 0.717) is 18.0 Å². The summed E-state index contributed by atoms with van der Waals surface area (Å²) in [7, 11) is 0. The van der Waals surface area contributed by atoms with Gasteiger partial charge in [0.1, 0.15) is 0 Å². The molecule has 1 aliphatic carbocycles. The molecule has 18 heavy (non-hydrogen) atoms. The molecule has 0 aromatic carbocycles. The Morgan fingerprint density at radius 3 is 2.94 bits per heavy atom. The highest BCUT2D eigenvalue weighted by molar-refractivity contribution is 5.88. The van der Waals surface area contributed by atoms with E-state index in [4.69, 9.17) is 9.47 Å². The zero-order chi connectivity index (χ0) is 12.6. The Morgan fingerprint density at radius 1 is 1.50 bits per heavy atom. The van der Waals surface area contributed by atoms with Crippen LogP contribution in [0, 0.1) is 0 Å². The topological polar surface area (TPSA) is 64.6 Å². The number of nitrogens with zero attached hydrogens (tertiary/aromatic N) is 2. The van der Waals surface area contributed by atoms with Gasteiger partial charge in [0, 0.05) is 12.4 Å². The van der Waals surface area contributed by atoms with Crippen LogP contribution in [-0.4, -0.2) is 28.6 Å². The maximum atomic E-state index is 11.5. The maximum absolute atomic E-state index is 11.5. The first-order chi connectivity index (χ1) is 8.76. The quantitative estimate of drug-likeness (QED) is 0.603. The molecule has 2 atom stereocenters. The van der Waals surface area contributed by atoms with E-state index >= 15 is 0 Å². The fourth-order valence-electron chi connectivity index (χ4n) is 2.62. The summed E-state index contributed by atoms with van der Waals surface area (Å²) < 4.78 is 10.7. The van der Waals surface area contributed by atoms with Crippen molar-refractivity contribution in [2.75, 3.05) is 6.61 Å². The third-order valence-electron chi connectivity index (χ3n) is 3.62. The predicted molar refractivity (Wildman–Crippen MR) is 63.0 cm³/mol. The Bertz CT molecular complexity index is 460. The van der Waals surface area contributed by atoms with Crippen LogP contribution in [0.1, 0.15) is 48.8 Å². The van der Waals surface area contributed by atoms with Gasteiger partial charge in [-0.25, -0.2) is 14.8 Å². The predicted octanol–water partition coefficient (Wildman–Crippen LogP) is 1.82. The molecule has 1 aliphatic heterocycles. The van der Waals surface area contributed by atoms with Gasteiger partial charge in [-0.3, -0.25) is 0 Å². The van der Waals surface area contributed by atoms with E-state index in [-0.39, 0.29) is 17.7 Å². The monoisotopic (exact) mass is 248 g/mol. The van der Waals surface area contributed by atoms with Gasteiger partial charge in [0.2, 0.25) is 0 Å². The van der Waals surface area contributed by atoms with E-state index in [1.165, 1.54) is 18.8 Å². The molecule has 5 heteroatoms. The van der Waals surface area contributed by atoms with Crippen LogP contribution in [0.5, 0.6) is 0 Å². The number of carbonyl (C=O) groups is 1.